The van der Waals surface area contributed by atoms with Gasteiger partial charge in [0.15, 0.2) is 0 Å². The second-order valence-corrected chi connectivity index (χ2v) is 9.47. The Bertz CT molecular complexity index is 1370. The predicted octanol–water partition coefficient (Wildman–Crippen LogP) is 4.25. The number of methoxy groups -OCH3 is 1. The van der Waals surface area contributed by atoms with Gasteiger partial charge in [-0.25, -0.2) is 9.97 Å². The first-order chi connectivity index (χ1) is 17.1. The van der Waals surface area contributed by atoms with E-state index in [-0.39, 0.29) is 0 Å². The standard InChI is InChI=1S/C27H31N7O/c1-32-17-20(19-7-3-4-8-24(19)32)22-9-10-29-27(30-22)31-23-13-21(28)25(14-26(23)35-2)34-15-18(16-34)33-11-5-6-12-33/h3-4,7-10,13-14,17-18H,5-6,11-12,15-16,28H2,1-2H3,(H,29,30,31). The third-order valence-electron chi connectivity index (χ3n) is 7.28. The number of para-hydroxylation sites is 1. The van der Waals surface area contributed by atoms with Gasteiger partial charge in [0, 0.05) is 61.1 Å². The molecule has 0 spiro atoms. The monoisotopic (exact) mass is 469 g/mol. The lowest BCUT2D eigenvalue weighted by atomic mass is 10.0. The molecule has 0 radical (unpaired) electrons. The molecule has 0 bridgehead atoms. The number of fused-ring (bicyclic) bond motifs is 1. The number of hydrogen-bond donors (Lipinski definition) is 2. The van der Waals surface area contributed by atoms with Gasteiger partial charge in [0.05, 0.1) is 29.9 Å². The van der Waals surface area contributed by atoms with Crippen LogP contribution in [0.2, 0.25) is 0 Å². The molecule has 2 fully saturated rings. The summed E-state index contributed by atoms with van der Waals surface area (Å²) in [6.45, 7) is 4.46. The lowest BCUT2D eigenvalue weighted by molar-refractivity contribution is 0.205. The van der Waals surface area contributed by atoms with Gasteiger partial charge >= 0.3 is 0 Å². The fourth-order valence-electron chi connectivity index (χ4n) is 5.35. The van der Waals surface area contributed by atoms with E-state index in [9.17, 15) is 0 Å². The van der Waals surface area contributed by atoms with E-state index in [0.29, 0.717) is 12.0 Å². The Morgan fingerprint density at radius 1 is 1.09 bits per heavy atom. The number of nitrogens with one attached hydrogen (secondary N) is 1. The summed E-state index contributed by atoms with van der Waals surface area (Å²) in [7, 11) is 3.73. The summed E-state index contributed by atoms with van der Waals surface area (Å²) in [6, 6.07) is 14.8. The van der Waals surface area contributed by atoms with E-state index in [1.165, 1.54) is 31.4 Å². The number of nitrogens with zero attached hydrogens (tertiary/aromatic N) is 5. The smallest absolute Gasteiger partial charge is 0.227 e. The normalized spacial score (nSPS) is 16.6. The Labute approximate surface area is 205 Å². The molecule has 8 heteroatoms. The van der Waals surface area contributed by atoms with E-state index >= 15 is 0 Å². The summed E-state index contributed by atoms with van der Waals surface area (Å²) in [6.07, 6.45) is 6.51. The topological polar surface area (TPSA) is 84.5 Å². The molecule has 2 saturated heterocycles. The van der Waals surface area contributed by atoms with Crippen molar-refractivity contribution in [3.05, 3.63) is 54.9 Å². The molecule has 3 N–H and O–H groups in total. The lowest BCUT2D eigenvalue weighted by Crippen LogP contribution is -2.59. The van der Waals surface area contributed by atoms with Crippen molar-refractivity contribution in [3.63, 3.8) is 0 Å². The number of nitrogens with two attached hydrogens (primary N) is 1. The molecule has 0 unspecified atom stereocenters. The van der Waals surface area contributed by atoms with Crippen molar-refractivity contribution in [1.29, 1.82) is 0 Å². The Balaban J connectivity index is 1.24. The van der Waals surface area contributed by atoms with Gasteiger partial charge in [-0.2, -0.15) is 0 Å². The van der Waals surface area contributed by atoms with Gasteiger partial charge in [-0.15, -0.1) is 0 Å². The fourth-order valence-corrected chi connectivity index (χ4v) is 5.35. The van der Waals surface area contributed by atoms with Gasteiger partial charge in [0.1, 0.15) is 5.75 Å². The molecule has 2 aliphatic heterocycles. The van der Waals surface area contributed by atoms with Crippen LogP contribution < -0.4 is 20.7 Å². The van der Waals surface area contributed by atoms with Gasteiger partial charge < -0.3 is 25.3 Å². The molecule has 0 saturated carbocycles. The van der Waals surface area contributed by atoms with Crippen molar-refractivity contribution >= 4 is 33.9 Å². The third-order valence-corrected chi connectivity index (χ3v) is 7.28. The highest BCUT2D eigenvalue weighted by molar-refractivity contribution is 5.95. The van der Waals surface area contributed by atoms with Crippen molar-refractivity contribution in [3.8, 4) is 17.0 Å². The summed E-state index contributed by atoms with van der Waals surface area (Å²) in [5.74, 6) is 1.22. The summed E-state index contributed by atoms with van der Waals surface area (Å²) in [5.41, 5.74) is 12.1. The lowest BCUT2D eigenvalue weighted by Gasteiger charge is -2.46. The average molecular weight is 470 g/mol. The second-order valence-electron chi connectivity index (χ2n) is 9.47. The van der Waals surface area contributed by atoms with Crippen molar-refractivity contribution in [1.82, 2.24) is 19.4 Å². The SMILES string of the molecule is COc1cc(N2CC(N3CCCC3)C2)c(N)cc1Nc1nccc(-c2cn(C)c3ccccc23)n1. The highest BCUT2D eigenvalue weighted by Gasteiger charge is 2.34. The largest absolute Gasteiger partial charge is 0.494 e. The maximum absolute atomic E-state index is 6.50. The van der Waals surface area contributed by atoms with Crippen LogP contribution in [-0.2, 0) is 7.05 Å². The number of nitrogen functional groups attached to an aromatic ring is 1. The van der Waals surface area contributed by atoms with Gasteiger partial charge in [0.2, 0.25) is 5.95 Å². The maximum Gasteiger partial charge on any atom is 0.227 e. The van der Waals surface area contributed by atoms with E-state index in [0.717, 1.165) is 52.5 Å². The van der Waals surface area contributed by atoms with E-state index in [1.807, 2.05) is 37.4 Å². The van der Waals surface area contributed by atoms with Crippen molar-refractivity contribution in [2.45, 2.75) is 18.9 Å². The first-order valence-corrected chi connectivity index (χ1v) is 12.2. The zero-order valence-corrected chi connectivity index (χ0v) is 20.2. The summed E-state index contributed by atoms with van der Waals surface area (Å²) >= 11 is 0. The number of aromatic nitrogens is 3. The molecule has 180 valence electrons. The van der Waals surface area contributed by atoms with E-state index < -0.39 is 0 Å². The van der Waals surface area contributed by atoms with Crippen molar-refractivity contribution in [2.75, 3.05) is 49.2 Å². The number of aryl methyl sites for hydroxylation is 1. The summed E-state index contributed by atoms with van der Waals surface area (Å²) < 4.78 is 7.84. The number of anilines is 4. The molecule has 4 heterocycles. The number of ether oxygens (including phenoxy) is 1. The highest BCUT2D eigenvalue weighted by Crippen LogP contribution is 2.39. The molecule has 2 aromatic heterocycles. The molecule has 0 aliphatic carbocycles. The van der Waals surface area contributed by atoms with Gasteiger partial charge in [-0.1, -0.05) is 18.2 Å². The first-order valence-electron chi connectivity index (χ1n) is 12.2. The van der Waals surface area contributed by atoms with E-state index in [2.05, 4.69) is 43.0 Å². The zero-order chi connectivity index (χ0) is 23.9. The Hall–Kier alpha value is -3.78. The van der Waals surface area contributed by atoms with Gasteiger partial charge in [-0.05, 0) is 44.1 Å². The fraction of sp³-hybridized carbons (Fsp3) is 0.333. The molecular weight excluding hydrogens is 438 g/mol. The maximum atomic E-state index is 6.50. The average Bonchev–Trinajstić information content (AvgIpc) is 3.48. The minimum absolute atomic E-state index is 0.499. The Morgan fingerprint density at radius 2 is 1.89 bits per heavy atom. The van der Waals surface area contributed by atoms with Crippen LogP contribution in [0.3, 0.4) is 0 Å². The third kappa shape index (κ3) is 3.93. The van der Waals surface area contributed by atoms with Crippen LogP contribution in [0.4, 0.5) is 23.0 Å². The van der Waals surface area contributed by atoms with E-state index in [4.69, 9.17) is 15.5 Å². The highest BCUT2D eigenvalue weighted by atomic mass is 16.5. The molecule has 0 amide bonds. The van der Waals surface area contributed by atoms with Crippen LogP contribution in [-0.4, -0.2) is 58.8 Å². The number of hydrogen-bond acceptors (Lipinski definition) is 7. The second kappa shape index (κ2) is 8.78. The van der Waals surface area contributed by atoms with Gasteiger partial charge in [0.25, 0.3) is 0 Å². The minimum atomic E-state index is 0.499. The van der Waals surface area contributed by atoms with Crippen LogP contribution in [0.5, 0.6) is 5.75 Å². The number of rotatable bonds is 6. The van der Waals surface area contributed by atoms with E-state index in [1.54, 1.807) is 13.3 Å². The molecule has 8 nitrogen and oxygen atoms in total. The zero-order valence-electron chi connectivity index (χ0n) is 20.2. The molecule has 6 rings (SSSR count). The van der Waals surface area contributed by atoms with Crippen LogP contribution in [0.25, 0.3) is 22.2 Å². The molecule has 35 heavy (non-hydrogen) atoms. The van der Waals surface area contributed by atoms with Crippen molar-refractivity contribution < 1.29 is 4.74 Å². The number of likely N-dealkylation sites (tertiary alicyclic amines) is 1. The van der Waals surface area contributed by atoms with Crippen LogP contribution in [0.15, 0.2) is 54.9 Å². The van der Waals surface area contributed by atoms with Crippen LogP contribution >= 0.6 is 0 Å². The predicted molar refractivity (Wildman–Crippen MR) is 141 cm³/mol. The van der Waals surface area contributed by atoms with Crippen molar-refractivity contribution in [2.24, 2.45) is 7.05 Å². The van der Waals surface area contributed by atoms with Crippen LogP contribution in [0.1, 0.15) is 12.8 Å². The summed E-state index contributed by atoms with van der Waals surface area (Å²) in [4.78, 5) is 14.2. The van der Waals surface area contributed by atoms with Crippen LogP contribution in [0, 0.1) is 0 Å². The Morgan fingerprint density at radius 3 is 2.69 bits per heavy atom. The minimum Gasteiger partial charge on any atom is -0.494 e. The molecule has 2 aromatic carbocycles. The molecule has 0 atom stereocenters. The van der Waals surface area contributed by atoms with Gasteiger partial charge in [-0.3, -0.25) is 4.90 Å². The number of benzene rings is 2. The molecule has 2 aliphatic rings. The molecule has 4 aromatic rings. The molecular formula is C27H31N7O. The summed E-state index contributed by atoms with van der Waals surface area (Å²) in [5, 5.41) is 4.48. The Kier molecular flexibility index (Phi) is 5.45. The first kappa shape index (κ1) is 21.7. The quantitative estimate of drug-likeness (QED) is 0.408.